The number of amides is 3. The zero-order valence-corrected chi connectivity index (χ0v) is 13.3. The van der Waals surface area contributed by atoms with Crippen LogP contribution in [0, 0.1) is 0 Å². The number of urea groups is 1. The normalized spacial score (nSPS) is 10.6. The van der Waals surface area contributed by atoms with Crippen molar-refractivity contribution in [2.45, 2.75) is 0 Å². The zero-order valence-electron chi connectivity index (χ0n) is 13.3. The molecule has 3 aromatic rings. The fraction of sp³-hybridized carbons (Fsp3) is 0.176. The minimum atomic E-state index is -0.554. The van der Waals surface area contributed by atoms with E-state index < -0.39 is 11.9 Å². The van der Waals surface area contributed by atoms with Gasteiger partial charge < -0.3 is 19.8 Å². The van der Waals surface area contributed by atoms with Crippen LogP contribution < -0.4 is 20.7 Å². The van der Waals surface area contributed by atoms with Crippen molar-refractivity contribution in [2.24, 2.45) is 0 Å². The van der Waals surface area contributed by atoms with E-state index in [4.69, 9.17) is 9.15 Å². The molecule has 0 aliphatic carbocycles. The van der Waals surface area contributed by atoms with Gasteiger partial charge in [0.25, 0.3) is 0 Å². The smallest absolute Gasteiger partial charge is 0.321 e. The highest BCUT2D eigenvalue weighted by Gasteiger charge is 2.13. The predicted octanol–water partition coefficient (Wildman–Crippen LogP) is 2.46. The first-order valence-electron chi connectivity index (χ1n) is 7.37. The number of benzene rings is 2. The Hall–Kier alpha value is -3.22. The van der Waals surface area contributed by atoms with Crippen molar-refractivity contribution in [2.75, 3.05) is 26.0 Å². The van der Waals surface area contributed by atoms with Gasteiger partial charge in [0.2, 0.25) is 5.91 Å². The number of carbonyl (C=O) groups excluding carboxylic acids is 2. The van der Waals surface area contributed by atoms with Crippen LogP contribution in [0.5, 0.6) is 5.75 Å². The lowest BCUT2D eigenvalue weighted by Gasteiger charge is -2.11. The molecule has 0 radical (unpaired) electrons. The second-order valence-corrected chi connectivity index (χ2v) is 5.13. The van der Waals surface area contributed by atoms with E-state index in [2.05, 4.69) is 16.0 Å². The first-order chi connectivity index (χ1) is 11.6. The van der Waals surface area contributed by atoms with Crippen molar-refractivity contribution in [3.63, 3.8) is 0 Å². The third-order valence-corrected chi connectivity index (χ3v) is 3.62. The number of hydrogen-bond acceptors (Lipinski definition) is 5. The molecule has 3 rings (SSSR count). The second-order valence-electron chi connectivity index (χ2n) is 5.13. The summed E-state index contributed by atoms with van der Waals surface area (Å²) in [5.41, 5.74) is 2.08. The highest BCUT2D eigenvalue weighted by molar-refractivity contribution is 6.06. The van der Waals surface area contributed by atoms with Gasteiger partial charge >= 0.3 is 6.03 Å². The monoisotopic (exact) mass is 327 g/mol. The van der Waals surface area contributed by atoms with Crippen LogP contribution in [-0.2, 0) is 4.79 Å². The van der Waals surface area contributed by atoms with Gasteiger partial charge in [-0.3, -0.25) is 10.1 Å². The van der Waals surface area contributed by atoms with Crippen LogP contribution in [0.25, 0.3) is 21.9 Å². The molecular formula is C17H17N3O4. The van der Waals surface area contributed by atoms with Gasteiger partial charge in [0, 0.05) is 23.9 Å². The van der Waals surface area contributed by atoms with Crippen LogP contribution in [0.15, 0.2) is 40.8 Å². The number of imide groups is 1. The SMILES string of the molecule is CNC(=O)NC(=O)CNc1cc2oc3ccccc3c2cc1OC. The number of rotatable bonds is 4. The number of fused-ring (bicyclic) bond motifs is 3. The third-order valence-electron chi connectivity index (χ3n) is 3.62. The Morgan fingerprint density at radius 2 is 1.92 bits per heavy atom. The molecule has 0 aliphatic rings. The summed E-state index contributed by atoms with van der Waals surface area (Å²) in [6, 6.07) is 10.8. The highest BCUT2D eigenvalue weighted by atomic mass is 16.5. The molecule has 7 nitrogen and oxygen atoms in total. The second kappa shape index (κ2) is 6.49. The van der Waals surface area contributed by atoms with Gasteiger partial charge in [0.05, 0.1) is 19.3 Å². The van der Waals surface area contributed by atoms with Gasteiger partial charge in [-0.05, 0) is 12.1 Å². The van der Waals surface area contributed by atoms with Gasteiger partial charge in [-0.15, -0.1) is 0 Å². The average Bonchev–Trinajstić information content (AvgIpc) is 2.96. The predicted molar refractivity (Wildman–Crippen MR) is 91.4 cm³/mol. The molecule has 0 saturated carbocycles. The van der Waals surface area contributed by atoms with Gasteiger partial charge in [-0.2, -0.15) is 0 Å². The molecule has 3 N–H and O–H groups in total. The van der Waals surface area contributed by atoms with E-state index in [0.29, 0.717) is 17.0 Å². The van der Waals surface area contributed by atoms with Crippen molar-refractivity contribution in [1.29, 1.82) is 0 Å². The standard InChI is InChI=1S/C17H17N3O4/c1-18-17(22)20-16(21)9-19-12-8-14-11(7-15(12)23-2)10-5-3-4-6-13(10)24-14/h3-8,19H,9H2,1-2H3,(H2,18,20,21,22). The Morgan fingerprint density at radius 3 is 2.67 bits per heavy atom. The number of anilines is 1. The molecule has 0 aliphatic heterocycles. The summed E-state index contributed by atoms with van der Waals surface area (Å²) in [4.78, 5) is 22.8. The maximum Gasteiger partial charge on any atom is 0.321 e. The highest BCUT2D eigenvalue weighted by Crippen LogP contribution is 2.36. The van der Waals surface area contributed by atoms with Crippen LogP contribution in [-0.4, -0.2) is 32.6 Å². The van der Waals surface area contributed by atoms with Crippen LogP contribution in [0.1, 0.15) is 0 Å². The summed E-state index contributed by atoms with van der Waals surface area (Å²) >= 11 is 0. The Morgan fingerprint density at radius 1 is 1.12 bits per heavy atom. The van der Waals surface area contributed by atoms with Gasteiger partial charge in [-0.25, -0.2) is 4.79 Å². The molecule has 0 fully saturated rings. The minimum absolute atomic E-state index is 0.0739. The van der Waals surface area contributed by atoms with Crippen molar-refractivity contribution in [3.8, 4) is 5.75 Å². The number of ether oxygens (including phenoxy) is 1. The fourth-order valence-corrected chi connectivity index (χ4v) is 2.47. The summed E-state index contributed by atoms with van der Waals surface area (Å²) < 4.78 is 11.2. The summed E-state index contributed by atoms with van der Waals surface area (Å²) in [7, 11) is 2.99. The molecule has 2 aromatic carbocycles. The molecular weight excluding hydrogens is 310 g/mol. The van der Waals surface area contributed by atoms with E-state index in [9.17, 15) is 9.59 Å². The number of hydrogen-bond donors (Lipinski definition) is 3. The molecule has 1 heterocycles. The van der Waals surface area contributed by atoms with Crippen molar-refractivity contribution in [3.05, 3.63) is 36.4 Å². The van der Waals surface area contributed by atoms with E-state index in [0.717, 1.165) is 16.4 Å². The van der Waals surface area contributed by atoms with E-state index in [1.165, 1.54) is 7.05 Å². The Kier molecular flexibility index (Phi) is 4.24. The molecule has 1 aromatic heterocycles. The van der Waals surface area contributed by atoms with Crippen LogP contribution >= 0.6 is 0 Å². The lowest BCUT2D eigenvalue weighted by Crippen LogP contribution is -2.40. The largest absolute Gasteiger partial charge is 0.495 e. The molecule has 3 amide bonds. The minimum Gasteiger partial charge on any atom is -0.495 e. The topological polar surface area (TPSA) is 92.6 Å². The fourth-order valence-electron chi connectivity index (χ4n) is 2.47. The van der Waals surface area contributed by atoms with E-state index in [1.807, 2.05) is 30.3 Å². The van der Waals surface area contributed by atoms with Crippen LogP contribution in [0.3, 0.4) is 0 Å². The third kappa shape index (κ3) is 2.96. The van der Waals surface area contributed by atoms with Gasteiger partial charge in [0.1, 0.15) is 16.9 Å². The first-order valence-corrected chi connectivity index (χ1v) is 7.37. The van der Waals surface area contributed by atoms with E-state index in [-0.39, 0.29) is 6.54 Å². The van der Waals surface area contributed by atoms with Crippen LogP contribution in [0.4, 0.5) is 10.5 Å². The lowest BCUT2D eigenvalue weighted by molar-refractivity contribution is -0.118. The zero-order chi connectivity index (χ0) is 17.1. The number of carbonyl (C=O) groups is 2. The van der Waals surface area contributed by atoms with E-state index >= 15 is 0 Å². The van der Waals surface area contributed by atoms with Crippen molar-refractivity contribution >= 4 is 39.6 Å². The Bertz CT molecular complexity index is 917. The maximum absolute atomic E-state index is 11.7. The molecule has 7 heteroatoms. The number of furan rings is 1. The molecule has 0 bridgehead atoms. The summed E-state index contributed by atoms with van der Waals surface area (Å²) in [5.74, 6) is 0.128. The first kappa shape index (κ1) is 15.7. The number of para-hydroxylation sites is 1. The molecule has 0 saturated heterocycles. The van der Waals surface area contributed by atoms with E-state index in [1.54, 1.807) is 13.2 Å². The molecule has 0 unspecified atom stereocenters. The molecule has 0 spiro atoms. The van der Waals surface area contributed by atoms with Crippen molar-refractivity contribution in [1.82, 2.24) is 10.6 Å². The van der Waals surface area contributed by atoms with Crippen LogP contribution in [0.2, 0.25) is 0 Å². The summed E-state index contributed by atoms with van der Waals surface area (Å²) in [6.07, 6.45) is 0. The van der Waals surface area contributed by atoms with Gasteiger partial charge in [-0.1, -0.05) is 18.2 Å². The Labute approximate surface area is 137 Å². The quantitative estimate of drug-likeness (QED) is 0.684. The maximum atomic E-state index is 11.7. The molecule has 124 valence electrons. The number of methoxy groups -OCH3 is 1. The van der Waals surface area contributed by atoms with Gasteiger partial charge in [0.15, 0.2) is 0 Å². The molecule has 24 heavy (non-hydrogen) atoms. The average molecular weight is 327 g/mol. The molecule has 0 atom stereocenters. The van der Waals surface area contributed by atoms with Crippen molar-refractivity contribution < 1.29 is 18.7 Å². The summed E-state index contributed by atoms with van der Waals surface area (Å²) in [6.45, 7) is -0.0739. The summed E-state index contributed by atoms with van der Waals surface area (Å²) in [5, 5.41) is 9.38. The Balaban J connectivity index is 1.88. The number of nitrogens with one attached hydrogen (secondary N) is 3. The lowest BCUT2D eigenvalue weighted by atomic mass is 10.1.